The first kappa shape index (κ1) is 16.8. The van der Waals surface area contributed by atoms with Crippen molar-refractivity contribution < 1.29 is 18.7 Å². The van der Waals surface area contributed by atoms with Crippen LogP contribution in [0.15, 0.2) is 48.5 Å². The molecule has 2 aromatic rings. The van der Waals surface area contributed by atoms with E-state index in [1.54, 1.807) is 29.2 Å². The average Bonchev–Trinajstić information content (AvgIpc) is 2.57. The van der Waals surface area contributed by atoms with E-state index in [9.17, 15) is 9.18 Å². The molecule has 0 N–H and O–H groups in total. The predicted octanol–water partition coefficient (Wildman–Crippen LogP) is 3.66. The van der Waals surface area contributed by atoms with Gasteiger partial charge in [-0.2, -0.15) is 0 Å². The summed E-state index contributed by atoms with van der Waals surface area (Å²) in [5, 5.41) is 0. The highest BCUT2D eigenvalue weighted by molar-refractivity contribution is 5.94. The van der Waals surface area contributed by atoms with Crippen LogP contribution in [0.2, 0.25) is 0 Å². The van der Waals surface area contributed by atoms with Crippen molar-refractivity contribution in [3.05, 3.63) is 54.3 Å². The number of carbonyl (C=O) groups is 1. The lowest BCUT2D eigenvalue weighted by atomic mass is 10.2. The van der Waals surface area contributed by atoms with Crippen molar-refractivity contribution in [3.8, 4) is 11.5 Å². The molecule has 2 rings (SSSR count). The Hall–Kier alpha value is -2.56. The van der Waals surface area contributed by atoms with E-state index in [4.69, 9.17) is 9.47 Å². The molecule has 0 aliphatic heterocycles. The summed E-state index contributed by atoms with van der Waals surface area (Å²) in [5.74, 6) is 0.593. The first-order valence-electron chi connectivity index (χ1n) is 7.56. The van der Waals surface area contributed by atoms with Crippen LogP contribution in [0.4, 0.5) is 10.1 Å². The number of hydrogen-bond donors (Lipinski definition) is 0. The Morgan fingerprint density at radius 3 is 2.17 bits per heavy atom. The molecule has 0 fully saturated rings. The fraction of sp³-hybridized carbons (Fsp3) is 0.278. The van der Waals surface area contributed by atoms with Gasteiger partial charge >= 0.3 is 0 Å². The van der Waals surface area contributed by atoms with E-state index >= 15 is 0 Å². The standard InChI is InChI=1S/C18H20FNO3/c1-3-20(15-11-9-14(19)10-12-15)18(21)13-23-17-8-6-5-7-16(17)22-4-2/h5-12H,3-4,13H2,1-2H3. The zero-order valence-electron chi connectivity index (χ0n) is 13.3. The van der Waals surface area contributed by atoms with Gasteiger partial charge in [0.05, 0.1) is 6.61 Å². The van der Waals surface area contributed by atoms with E-state index < -0.39 is 0 Å². The number of carbonyl (C=O) groups excluding carboxylic acids is 1. The third-order valence-corrected chi connectivity index (χ3v) is 3.26. The van der Waals surface area contributed by atoms with Crippen molar-refractivity contribution in [2.75, 3.05) is 24.7 Å². The van der Waals surface area contributed by atoms with Crippen LogP contribution in [-0.2, 0) is 4.79 Å². The van der Waals surface area contributed by atoms with Crippen LogP contribution in [0.5, 0.6) is 11.5 Å². The van der Waals surface area contributed by atoms with Gasteiger partial charge in [-0.05, 0) is 50.2 Å². The van der Waals surface area contributed by atoms with Gasteiger partial charge in [-0.3, -0.25) is 4.79 Å². The van der Waals surface area contributed by atoms with E-state index in [-0.39, 0.29) is 18.3 Å². The van der Waals surface area contributed by atoms with Gasteiger partial charge in [0.1, 0.15) is 5.82 Å². The van der Waals surface area contributed by atoms with Gasteiger partial charge in [0, 0.05) is 12.2 Å². The first-order valence-corrected chi connectivity index (χ1v) is 7.56. The molecule has 0 aliphatic carbocycles. The van der Waals surface area contributed by atoms with Gasteiger partial charge in [-0.15, -0.1) is 0 Å². The van der Waals surface area contributed by atoms with E-state index in [1.165, 1.54) is 12.1 Å². The Morgan fingerprint density at radius 1 is 1.00 bits per heavy atom. The fourth-order valence-corrected chi connectivity index (χ4v) is 2.19. The molecule has 2 aromatic carbocycles. The summed E-state index contributed by atoms with van der Waals surface area (Å²) < 4.78 is 24.1. The van der Waals surface area contributed by atoms with Gasteiger partial charge in [-0.1, -0.05) is 12.1 Å². The SMILES string of the molecule is CCOc1ccccc1OCC(=O)N(CC)c1ccc(F)cc1. The van der Waals surface area contributed by atoms with Crippen molar-refractivity contribution in [2.45, 2.75) is 13.8 Å². The summed E-state index contributed by atoms with van der Waals surface area (Å²) in [6, 6.07) is 13.0. The molecule has 122 valence electrons. The molecule has 0 saturated heterocycles. The fourth-order valence-electron chi connectivity index (χ4n) is 2.19. The topological polar surface area (TPSA) is 38.8 Å². The molecule has 4 nitrogen and oxygen atoms in total. The molecule has 0 saturated carbocycles. The molecular weight excluding hydrogens is 297 g/mol. The second kappa shape index (κ2) is 8.17. The van der Waals surface area contributed by atoms with Crippen molar-refractivity contribution in [1.29, 1.82) is 0 Å². The molecular formula is C18H20FNO3. The molecule has 0 aliphatic rings. The van der Waals surface area contributed by atoms with Crippen LogP contribution in [0.3, 0.4) is 0 Å². The minimum atomic E-state index is -0.334. The van der Waals surface area contributed by atoms with Crippen molar-refractivity contribution in [3.63, 3.8) is 0 Å². The Balaban J connectivity index is 2.04. The van der Waals surface area contributed by atoms with Gasteiger partial charge in [0.25, 0.3) is 5.91 Å². The Labute approximate surface area is 135 Å². The van der Waals surface area contributed by atoms with Crippen LogP contribution in [0.25, 0.3) is 0 Å². The van der Waals surface area contributed by atoms with Crippen LogP contribution in [0.1, 0.15) is 13.8 Å². The maximum atomic E-state index is 13.0. The van der Waals surface area contributed by atoms with Crippen LogP contribution in [-0.4, -0.2) is 25.7 Å². The van der Waals surface area contributed by atoms with E-state index in [0.717, 1.165) is 0 Å². The molecule has 0 spiro atoms. The van der Waals surface area contributed by atoms with Crippen molar-refractivity contribution in [1.82, 2.24) is 0 Å². The largest absolute Gasteiger partial charge is 0.490 e. The van der Waals surface area contributed by atoms with Gasteiger partial charge < -0.3 is 14.4 Å². The molecule has 23 heavy (non-hydrogen) atoms. The summed E-state index contributed by atoms with van der Waals surface area (Å²) in [5.41, 5.74) is 0.639. The number of amides is 1. The van der Waals surface area contributed by atoms with Gasteiger partial charge in [0.15, 0.2) is 18.1 Å². The smallest absolute Gasteiger partial charge is 0.264 e. The van der Waals surface area contributed by atoms with E-state index in [2.05, 4.69) is 0 Å². The highest BCUT2D eigenvalue weighted by Gasteiger charge is 2.15. The van der Waals surface area contributed by atoms with Gasteiger partial charge in [-0.25, -0.2) is 4.39 Å². The Bertz CT molecular complexity index is 643. The van der Waals surface area contributed by atoms with Crippen LogP contribution >= 0.6 is 0 Å². The molecule has 0 heterocycles. The monoisotopic (exact) mass is 317 g/mol. The second-order valence-corrected chi connectivity index (χ2v) is 4.78. The maximum absolute atomic E-state index is 13.0. The highest BCUT2D eigenvalue weighted by atomic mass is 19.1. The number of benzene rings is 2. The minimum absolute atomic E-state index is 0.116. The zero-order valence-corrected chi connectivity index (χ0v) is 13.3. The maximum Gasteiger partial charge on any atom is 0.264 e. The normalized spacial score (nSPS) is 10.2. The third-order valence-electron chi connectivity index (χ3n) is 3.26. The number of rotatable bonds is 7. The second-order valence-electron chi connectivity index (χ2n) is 4.78. The molecule has 0 aromatic heterocycles. The molecule has 1 amide bonds. The number of anilines is 1. The summed E-state index contributed by atoms with van der Waals surface area (Å²) in [6.45, 7) is 4.62. The lowest BCUT2D eigenvalue weighted by Gasteiger charge is -2.21. The molecule has 0 bridgehead atoms. The number of nitrogens with zero attached hydrogens (tertiary/aromatic N) is 1. The number of likely N-dealkylation sites (N-methyl/N-ethyl adjacent to an activating group) is 1. The molecule has 0 unspecified atom stereocenters. The van der Waals surface area contributed by atoms with Crippen molar-refractivity contribution in [2.24, 2.45) is 0 Å². The summed E-state index contributed by atoms with van der Waals surface area (Å²) >= 11 is 0. The van der Waals surface area contributed by atoms with Gasteiger partial charge in [0.2, 0.25) is 0 Å². The van der Waals surface area contributed by atoms with Crippen LogP contribution in [0, 0.1) is 5.82 Å². The quantitative estimate of drug-likeness (QED) is 0.782. The van der Waals surface area contributed by atoms with E-state index in [0.29, 0.717) is 30.3 Å². The molecule has 5 heteroatoms. The lowest BCUT2D eigenvalue weighted by Crippen LogP contribution is -2.34. The average molecular weight is 317 g/mol. The first-order chi connectivity index (χ1) is 11.2. The molecule has 0 atom stereocenters. The number of halogens is 1. The minimum Gasteiger partial charge on any atom is -0.490 e. The highest BCUT2D eigenvalue weighted by Crippen LogP contribution is 2.26. The van der Waals surface area contributed by atoms with E-state index in [1.807, 2.05) is 26.0 Å². The summed E-state index contributed by atoms with van der Waals surface area (Å²) in [7, 11) is 0. The zero-order chi connectivity index (χ0) is 16.7. The Kier molecular flexibility index (Phi) is 5.97. The molecule has 0 radical (unpaired) electrons. The number of ether oxygens (including phenoxy) is 2. The Morgan fingerprint density at radius 2 is 1.61 bits per heavy atom. The summed E-state index contributed by atoms with van der Waals surface area (Å²) in [4.78, 5) is 13.9. The lowest BCUT2D eigenvalue weighted by molar-refractivity contribution is -0.120. The third kappa shape index (κ3) is 4.45. The summed E-state index contributed by atoms with van der Waals surface area (Å²) in [6.07, 6.45) is 0. The van der Waals surface area contributed by atoms with Crippen LogP contribution < -0.4 is 14.4 Å². The predicted molar refractivity (Wildman–Crippen MR) is 87.5 cm³/mol. The van der Waals surface area contributed by atoms with Crippen molar-refractivity contribution >= 4 is 11.6 Å². The number of hydrogen-bond acceptors (Lipinski definition) is 3. The number of para-hydroxylation sites is 2.